The zero-order valence-electron chi connectivity index (χ0n) is 17.6. The number of halogens is 1. The van der Waals surface area contributed by atoms with E-state index in [4.69, 9.17) is 4.74 Å². The van der Waals surface area contributed by atoms with Crippen LogP contribution < -0.4 is 0 Å². The van der Waals surface area contributed by atoms with Crippen LogP contribution in [-0.2, 0) is 23.6 Å². The summed E-state index contributed by atoms with van der Waals surface area (Å²) in [7, 11) is 0. The molecule has 1 aliphatic rings. The van der Waals surface area contributed by atoms with E-state index in [0.29, 0.717) is 12.3 Å². The van der Waals surface area contributed by atoms with Gasteiger partial charge in [0.1, 0.15) is 11.6 Å². The molecule has 0 spiro atoms. The molecule has 6 nitrogen and oxygen atoms in total. The molecule has 2 aromatic heterocycles. The first-order valence-electron chi connectivity index (χ1n) is 10.7. The van der Waals surface area contributed by atoms with Crippen molar-refractivity contribution in [1.82, 2.24) is 24.3 Å². The summed E-state index contributed by atoms with van der Waals surface area (Å²) >= 11 is 1.61. The molecule has 0 N–H and O–H groups in total. The summed E-state index contributed by atoms with van der Waals surface area (Å²) in [4.78, 5) is 4.55. The van der Waals surface area contributed by atoms with Crippen LogP contribution in [0.25, 0.3) is 11.4 Å². The zero-order valence-corrected chi connectivity index (χ0v) is 18.4. The van der Waals surface area contributed by atoms with E-state index in [1.54, 1.807) is 23.9 Å². The van der Waals surface area contributed by atoms with Gasteiger partial charge >= 0.3 is 0 Å². The number of aromatic nitrogens is 5. The average molecular weight is 450 g/mol. The Bertz CT molecular complexity index is 1150. The third-order valence-electron chi connectivity index (χ3n) is 5.56. The topological polar surface area (TPSA) is 57.8 Å². The minimum atomic E-state index is -0.265. The number of hydrogen-bond donors (Lipinski definition) is 0. The Morgan fingerprint density at radius 2 is 1.91 bits per heavy atom. The molecule has 0 saturated carbocycles. The van der Waals surface area contributed by atoms with Crippen molar-refractivity contribution in [3.63, 3.8) is 0 Å². The van der Waals surface area contributed by atoms with Crippen LogP contribution in [0.1, 0.15) is 24.2 Å². The first kappa shape index (κ1) is 20.9. The van der Waals surface area contributed by atoms with Gasteiger partial charge in [-0.2, -0.15) is 0 Å². The molecule has 0 unspecified atom stereocenters. The Balaban J connectivity index is 1.37. The van der Waals surface area contributed by atoms with Crippen LogP contribution in [0.3, 0.4) is 0 Å². The molecule has 5 rings (SSSR count). The highest BCUT2D eigenvalue weighted by Gasteiger charge is 2.22. The summed E-state index contributed by atoms with van der Waals surface area (Å²) in [5.41, 5.74) is 2.08. The lowest BCUT2D eigenvalue weighted by Crippen LogP contribution is -2.16. The number of hydrogen-bond acceptors (Lipinski definition) is 5. The summed E-state index contributed by atoms with van der Waals surface area (Å²) in [5, 5.41) is 9.71. The van der Waals surface area contributed by atoms with E-state index in [-0.39, 0.29) is 11.9 Å². The second kappa shape index (κ2) is 9.67. The number of nitrogens with zero attached hydrogens (tertiary/aromatic N) is 5. The van der Waals surface area contributed by atoms with E-state index in [1.165, 1.54) is 17.7 Å². The van der Waals surface area contributed by atoms with Crippen LogP contribution in [0.2, 0.25) is 0 Å². The maximum Gasteiger partial charge on any atom is 0.192 e. The standard InChI is InChI=1S/C24H24FN5OS/c25-20-10-8-19(9-11-20)23-27-28-24(30(23)16-21-7-4-14-31-21)32-17-22-26-12-13-29(22)15-18-5-2-1-3-6-18/h1-3,5-6,8-13,21H,4,7,14-17H2/t21-/m1/s1. The monoisotopic (exact) mass is 449 g/mol. The molecule has 3 heterocycles. The lowest BCUT2D eigenvalue weighted by atomic mass is 10.2. The highest BCUT2D eigenvalue weighted by molar-refractivity contribution is 7.98. The maximum absolute atomic E-state index is 13.4. The molecule has 1 fully saturated rings. The molecule has 1 saturated heterocycles. The van der Waals surface area contributed by atoms with E-state index in [9.17, 15) is 4.39 Å². The molecular weight excluding hydrogens is 425 g/mol. The molecule has 2 aromatic carbocycles. The first-order chi connectivity index (χ1) is 15.8. The fourth-order valence-electron chi connectivity index (χ4n) is 3.90. The van der Waals surface area contributed by atoms with Crippen LogP contribution >= 0.6 is 11.8 Å². The van der Waals surface area contributed by atoms with Gasteiger partial charge in [-0.05, 0) is 42.7 Å². The number of rotatable bonds is 8. The molecule has 0 radical (unpaired) electrons. The van der Waals surface area contributed by atoms with Gasteiger partial charge in [-0.1, -0.05) is 42.1 Å². The van der Waals surface area contributed by atoms with E-state index in [0.717, 1.165) is 48.4 Å². The Morgan fingerprint density at radius 3 is 2.69 bits per heavy atom. The first-order valence-corrected chi connectivity index (χ1v) is 11.7. The molecule has 8 heteroatoms. The predicted octanol–water partition coefficient (Wildman–Crippen LogP) is 4.80. The van der Waals surface area contributed by atoms with Crippen molar-refractivity contribution in [2.75, 3.05) is 6.61 Å². The van der Waals surface area contributed by atoms with E-state index in [2.05, 4.69) is 36.4 Å². The second-order valence-corrected chi connectivity index (χ2v) is 8.75. The highest BCUT2D eigenvalue weighted by atomic mass is 32.2. The van der Waals surface area contributed by atoms with Gasteiger partial charge in [-0.25, -0.2) is 9.37 Å². The van der Waals surface area contributed by atoms with Crippen molar-refractivity contribution in [2.24, 2.45) is 0 Å². The molecular formula is C24H24FN5OS. The molecule has 4 aromatic rings. The van der Waals surface area contributed by atoms with Gasteiger partial charge < -0.3 is 9.30 Å². The second-order valence-electron chi connectivity index (χ2n) is 7.80. The van der Waals surface area contributed by atoms with Crippen molar-refractivity contribution < 1.29 is 9.13 Å². The van der Waals surface area contributed by atoms with E-state index >= 15 is 0 Å². The molecule has 0 amide bonds. The Kier molecular flexibility index (Phi) is 6.31. The summed E-state index contributed by atoms with van der Waals surface area (Å²) in [6.45, 7) is 2.25. The van der Waals surface area contributed by atoms with Crippen LogP contribution in [-0.4, -0.2) is 37.0 Å². The molecule has 1 atom stereocenters. The number of imidazole rings is 1. The van der Waals surface area contributed by atoms with Crippen LogP contribution in [0.4, 0.5) is 4.39 Å². The van der Waals surface area contributed by atoms with Crippen molar-refractivity contribution >= 4 is 11.8 Å². The summed E-state index contributed by atoms with van der Waals surface area (Å²) in [6.07, 6.45) is 6.07. The maximum atomic E-state index is 13.4. The summed E-state index contributed by atoms with van der Waals surface area (Å²) in [6, 6.07) is 16.7. The largest absolute Gasteiger partial charge is 0.376 e. The lowest BCUT2D eigenvalue weighted by molar-refractivity contribution is 0.0953. The van der Waals surface area contributed by atoms with Gasteiger partial charge in [0.25, 0.3) is 0 Å². The van der Waals surface area contributed by atoms with Gasteiger partial charge in [0.05, 0.1) is 18.4 Å². The van der Waals surface area contributed by atoms with E-state index < -0.39 is 0 Å². The van der Waals surface area contributed by atoms with Crippen molar-refractivity contribution in [3.8, 4) is 11.4 Å². The smallest absolute Gasteiger partial charge is 0.192 e. The number of benzene rings is 2. The fourth-order valence-corrected chi connectivity index (χ4v) is 4.81. The minimum Gasteiger partial charge on any atom is -0.376 e. The molecule has 0 aliphatic carbocycles. The zero-order chi connectivity index (χ0) is 21.8. The Hall–Kier alpha value is -2.97. The normalized spacial score (nSPS) is 16.0. The number of thioether (sulfide) groups is 1. The third kappa shape index (κ3) is 4.76. The molecule has 32 heavy (non-hydrogen) atoms. The van der Waals surface area contributed by atoms with E-state index in [1.807, 2.05) is 30.6 Å². The number of ether oxygens (including phenoxy) is 1. The lowest BCUT2D eigenvalue weighted by Gasteiger charge is -2.15. The SMILES string of the molecule is Fc1ccc(-c2nnc(SCc3nccn3Cc3ccccc3)n2C[C@H]2CCCO2)cc1. The third-order valence-corrected chi connectivity index (χ3v) is 6.52. The summed E-state index contributed by atoms with van der Waals surface area (Å²) in [5.74, 6) is 2.12. The van der Waals surface area contributed by atoms with Gasteiger partial charge in [-0.15, -0.1) is 10.2 Å². The fraction of sp³-hybridized carbons (Fsp3) is 0.292. The van der Waals surface area contributed by atoms with Crippen LogP contribution in [0.15, 0.2) is 72.1 Å². The van der Waals surface area contributed by atoms with Gasteiger partial charge in [0.2, 0.25) is 0 Å². The Labute approximate surface area is 190 Å². The highest BCUT2D eigenvalue weighted by Crippen LogP contribution is 2.28. The minimum absolute atomic E-state index is 0.143. The molecule has 1 aliphatic heterocycles. The quantitative estimate of drug-likeness (QED) is 0.362. The van der Waals surface area contributed by atoms with Crippen molar-refractivity contribution in [1.29, 1.82) is 0 Å². The van der Waals surface area contributed by atoms with Crippen molar-refractivity contribution in [3.05, 3.63) is 84.2 Å². The molecule has 164 valence electrons. The summed E-state index contributed by atoms with van der Waals surface area (Å²) < 4.78 is 23.5. The van der Waals surface area contributed by atoms with Gasteiger partial charge in [0.15, 0.2) is 11.0 Å². The van der Waals surface area contributed by atoms with Gasteiger partial charge in [-0.3, -0.25) is 4.57 Å². The Morgan fingerprint density at radius 1 is 1.06 bits per heavy atom. The predicted molar refractivity (Wildman–Crippen MR) is 122 cm³/mol. The average Bonchev–Trinajstić information content (AvgIpc) is 3.57. The van der Waals surface area contributed by atoms with Crippen LogP contribution in [0.5, 0.6) is 0 Å². The van der Waals surface area contributed by atoms with Gasteiger partial charge in [0, 0.05) is 31.1 Å². The van der Waals surface area contributed by atoms with Crippen LogP contribution in [0, 0.1) is 5.82 Å². The van der Waals surface area contributed by atoms with Crippen molar-refractivity contribution in [2.45, 2.75) is 42.9 Å². The molecule has 0 bridgehead atoms.